The third-order valence-corrected chi connectivity index (χ3v) is 3.66. The zero-order valence-corrected chi connectivity index (χ0v) is 10.8. The average Bonchev–Trinajstić information content (AvgIpc) is 2.34. The minimum Gasteiger partial charge on any atom is -0.481 e. The van der Waals surface area contributed by atoms with Gasteiger partial charge in [-0.1, -0.05) is 0 Å². The van der Waals surface area contributed by atoms with Crippen LogP contribution in [0.3, 0.4) is 0 Å². The van der Waals surface area contributed by atoms with E-state index in [0.29, 0.717) is 32.8 Å². The topological polar surface area (TPSA) is 90.3 Å². The Morgan fingerprint density at radius 2 is 1.79 bits per heavy atom. The van der Waals surface area contributed by atoms with Crippen LogP contribution in [0.4, 0.5) is 4.79 Å². The summed E-state index contributed by atoms with van der Waals surface area (Å²) in [5.74, 6) is -1.24. The Labute approximate surface area is 111 Å². The van der Waals surface area contributed by atoms with Crippen LogP contribution in [0.2, 0.25) is 0 Å². The summed E-state index contributed by atoms with van der Waals surface area (Å²) in [6, 6.07) is -0.0712. The van der Waals surface area contributed by atoms with Crippen LogP contribution < -0.4 is 0 Å². The maximum atomic E-state index is 12.0. The summed E-state index contributed by atoms with van der Waals surface area (Å²) in [5.41, 5.74) is 0. The molecule has 0 aliphatic carbocycles. The lowest BCUT2D eigenvalue weighted by atomic mass is 10.0. The molecule has 2 N–H and O–H groups in total. The van der Waals surface area contributed by atoms with Crippen LogP contribution in [-0.4, -0.2) is 77.5 Å². The number of piperidine rings is 1. The fourth-order valence-corrected chi connectivity index (χ4v) is 2.42. The lowest BCUT2D eigenvalue weighted by molar-refractivity contribution is -0.146. The number of rotatable bonds is 4. The predicted octanol–water partition coefficient (Wildman–Crippen LogP) is -0.404. The summed E-state index contributed by atoms with van der Waals surface area (Å²) in [6.07, 6.45) is 1.64. The number of urea groups is 1. The van der Waals surface area contributed by atoms with E-state index in [9.17, 15) is 9.59 Å². The van der Waals surface area contributed by atoms with Crippen molar-refractivity contribution in [2.45, 2.75) is 18.9 Å². The van der Waals surface area contributed by atoms with E-state index in [2.05, 4.69) is 0 Å². The second-order valence-corrected chi connectivity index (χ2v) is 5.00. The molecule has 2 rings (SSSR count). The fraction of sp³-hybridized carbons (Fsp3) is 0.833. The van der Waals surface area contributed by atoms with Crippen molar-refractivity contribution in [3.63, 3.8) is 0 Å². The highest BCUT2D eigenvalue weighted by Gasteiger charge is 2.38. The van der Waals surface area contributed by atoms with E-state index in [1.807, 2.05) is 0 Å². The van der Waals surface area contributed by atoms with E-state index in [1.165, 1.54) is 0 Å². The first-order valence-electron chi connectivity index (χ1n) is 6.61. The van der Waals surface area contributed by atoms with Crippen LogP contribution in [-0.2, 0) is 9.53 Å². The zero-order chi connectivity index (χ0) is 13.8. The first kappa shape index (κ1) is 14.1. The highest BCUT2D eigenvalue weighted by atomic mass is 16.5. The molecule has 2 saturated heterocycles. The summed E-state index contributed by atoms with van der Waals surface area (Å²) in [7, 11) is 0. The first-order chi connectivity index (χ1) is 9.11. The quantitative estimate of drug-likeness (QED) is 0.726. The molecule has 2 heterocycles. The van der Waals surface area contributed by atoms with Crippen molar-refractivity contribution in [1.82, 2.24) is 9.80 Å². The van der Waals surface area contributed by atoms with Gasteiger partial charge in [-0.2, -0.15) is 0 Å². The molecule has 0 aromatic rings. The smallest absolute Gasteiger partial charge is 0.320 e. The van der Waals surface area contributed by atoms with Gasteiger partial charge in [-0.05, 0) is 12.8 Å². The number of likely N-dealkylation sites (tertiary alicyclic amines) is 2. The molecule has 7 nitrogen and oxygen atoms in total. The number of carbonyl (C=O) groups excluding carboxylic acids is 1. The molecule has 0 radical (unpaired) electrons. The molecule has 19 heavy (non-hydrogen) atoms. The lowest BCUT2D eigenvalue weighted by Gasteiger charge is -2.41. The molecular weight excluding hydrogens is 252 g/mol. The molecule has 7 heteroatoms. The van der Waals surface area contributed by atoms with Crippen molar-refractivity contribution in [3.05, 3.63) is 0 Å². The van der Waals surface area contributed by atoms with E-state index in [4.69, 9.17) is 14.9 Å². The average molecular weight is 272 g/mol. The number of carbonyl (C=O) groups is 2. The van der Waals surface area contributed by atoms with Gasteiger partial charge in [-0.3, -0.25) is 4.79 Å². The molecule has 0 spiro atoms. The lowest BCUT2D eigenvalue weighted by Crippen LogP contribution is -2.58. The minimum atomic E-state index is -0.833. The van der Waals surface area contributed by atoms with E-state index in [0.717, 1.165) is 12.8 Å². The predicted molar refractivity (Wildman–Crippen MR) is 65.7 cm³/mol. The third-order valence-electron chi connectivity index (χ3n) is 3.66. The van der Waals surface area contributed by atoms with Crippen molar-refractivity contribution in [2.24, 2.45) is 5.92 Å². The number of hydrogen-bond acceptors (Lipinski definition) is 4. The number of nitrogens with zero attached hydrogens (tertiary/aromatic N) is 2. The standard InChI is InChI=1S/C12H20N2O5/c15-5-6-19-10-1-3-13(4-2-10)12(18)14-7-9(8-14)11(16)17/h9-10,15H,1-8H2,(H,16,17). The number of carboxylic acid groups (broad SMARTS) is 1. The van der Waals surface area contributed by atoms with Gasteiger partial charge in [0, 0.05) is 26.2 Å². The molecule has 0 unspecified atom stereocenters. The second kappa shape index (κ2) is 6.21. The molecule has 2 fully saturated rings. The maximum absolute atomic E-state index is 12.0. The van der Waals surface area contributed by atoms with Crippen molar-refractivity contribution in [3.8, 4) is 0 Å². The number of aliphatic carboxylic acids is 1. The molecule has 0 saturated carbocycles. The molecule has 0 bridgehead atoms. The van der Waals surface area contributed by atoms with Gasteiger partial charge in [0.2, 0.25) is 0 Å². The maximum Gasteiger partial charge on any atom is 0.320 e. The van der Waals surface area contributed by atoms with Crippen LogP contribution in [0.25, 0.3) is 0 Å². The molecule has 0 aromatic heterocycles. The van der Waals surface area contributed by atoms with Gasteiger partial charge in [-0.15, -0.1) is 0 Å². The Hall–Kier alpha value is -1.34. The molecule has 108 valence electrons. The van der Waals surface area contributed by atoms with Crippen LogP contribution in [0, 0.1) is 5.92 Å². The van der Waals surface area contributed by atoms with Crippen molar-refractivity contribution >= 4 is 12.0 Å². The van der Waals surface area contributed by atoms with Gasteiger partial charge in [0.1, 0.15) is 0 Å². The van der Waals surface area contributed by atoms with Crippen molar-refractivity contribution < 1.29 is 24.5 Å². The fourth-order valence-electron chi connectivity index (χ4n) is 2.42. The van der Waals surface area contributed by atoms with Gasteiger partial charge in [0.05, 0.1) is 25.2 Å². The highest BCUT2D eigenvalue weighted by Crippen LogP contribution is 2.21. The number of ether oxygens (including phenoxy) is 1. The summed E-state index contributed by atoms with van der Waals surface area (Å²) < 4.78 is 5.43. The number of aliphatic hydroxyl groups excluding tert-OH is 1. The number of amides is 2. The Balaban J connectivity index is 1.70. The normalized spacial score (nSPS) is 21.3. The first-order valence-corrected chi connectivity index (χ1v) is 6.61. The van der Waals surface area contributed by atoms with Crippen molar-refractivity contribution in [2.75, 3.05) is 39.4 Å². The summed E-state index contributed by atoms with van der Waals surface area (Å²) in [5, 5.41) is 17.4. The number of hydrogen-bond donors (Lipinski definition) is 2. The molecule has 0 aromatic carbocycles. The molecule has 2 amide bonds. The largest absolute Gasteiger partial charge is 0.481 e. The molecule has 2 aliphatic rings. The third kappa shape index (κ3) is 3.36. The van der Waals surface area contributed by atoms with Crippen LogP contribution >= 0.6 is 0 Å². The van der Waals surface area contributed by atoms with Crippen molar-refractivity contribution in [1.29, 1.82) is 0 Å². The number of carboxylic acids is 1. The van der Waals surface area contributed by atoms with Crippen LogP contribution in [0.1, 0.15) is 12.8 Å². The molecular formula is C12H20N2O5. The Kier molecular flexibility index (Phi) is 4.60. The van der Waals surface area contributed by atoms with Gasteiger partial charge in [0.15, 0.2) is 0 Å². The monoisotopic (exact) mass is 272 g/mol. The minimum absolute atomic E-state index is 0.0174. The van der Waals surface area contributed by atoms with E-state index in [1.54, 1.807) is 9.80 Å². The Bertz CT molecular complexity index is 335. The van der Waals surface area contributed by atoms with Gasteiger partial charge in [-0.25, -0.2) is 4.79 Å². The molecule has 2 aliphatic heterocycles. The molecule has 0 atom stereocenters. The zero-order valence-electron chi connectivity index (χ0n) is 10.8. The van der Waals surface area contributed by atoms with Crippen LogP contribution in [0.15, 0.2) is 0 Å². The Morgan fingerprint density at radius 3 is 2.32 bits per heavy atom. The van der Waals surface area contributed by atoms with E-state index < -0.39 is 11.9 Å². The van der Waals surface area contributed by atoms with Gasteiger partial charge < -0.3 is 24.7 Å². The second-order valence-electron chi connectivity index (χ2n) is 5.00. The summed E-state index contributed by atoms with van der Waals surface area (Å²) in [4.78, 5) is 26.1. The number of aliphatic hydroxyl groups is 1. The summed E-state index contributed by atoms with van der Waals surface area (Å²) >= 11 is 0. The van der Waals surface area contributed by atoms with Gasteiger partial charge in [0.25, 0.3) is 0 Å². The summed E-state index contributed by atoms with van der Waals surface area (Å²) in [6.45, 7) is 2.24. The Morgan fingerprint density at radius 1 is 1.16 bits per heavy atom. The van der Waals surface area contributed by atoms with Gasteiger partial charge >= 0.3 is 12.0 Å². The van der Waals surface area contributed by atoms with E-state index in [-0.39, 0.29) is 18.7 Å². The SMILES string of the molecule is O=C(O)C1CN(C(=O)N2CCC(OCCO)CC2)C1. The highest BCUT2D eigenvalue weighted by molar-refractivity contribution is 5.79. The van der Waals surface area contributed by atoms with E-state index >= 15 is 0 Å². The van der Waals surface area contributed by atoms with Crippen LogP contribution in [0.5, 0.6) is 0 Å².